The molecule has 0 radical (unpaired) electrons. The zero-order chi connectivity index (χ0) is 12.2. The average molecular weight is 220 g/mol. The molecule has 0 aliphatic rings. The quantitative estimate of drug-likeness (QED) is 0.460. The fourth-order valence-electron chi connectivity index (χ4n) is 0.971. The summed E-state index contributed by atoms with van der Waals surface area (Å²) in [6, 6.07) is 9.69. The maximum Gasteiger partial charge on any atom is 0.0615 e. The molecule has 0 aromatic heterocycles. The number of benzene rings is 1. The molecule has 1 nitrogen and oxygen atoms in total. The summed E-state index contributed by atoms with van der Waals surface area (Å²) in [4.78, 5) is 0. The van der Waals surface area contributed by atoms with E-state index in [1.807, 2.05) is 30.3 Å². The molecule has 82 valence electrons. The first-order chi connectivity index (χ1) is 8.43. The van der Waals surface area contributed by atoms with Crippen molar-refractivity contribution in [1.29, 1.82) is 0 Å². The molecular formula is C16H12O. The molecule has 0 heterocycles. The summed E-state index contributed by atoms with van der Waals surface area (Å²) in [6.45, 7) is 0.0341. The monoisotopic (exact) mass is 220 g/mol. The maximum absolute atomic E-state index is 8.46. The van der Waals surface area contributed by atoms with E-state index in [0.717, 1.165) is 5.56 Å². The molecule has 0 aliphatic heterocycles. The van der Waals surface area contributed by atoms with E-state index in [0.29, 0.717) is 0 Å². The first-order valence-corrected chi connectivity index (χ1v) is 5.17. The number of allylic oxidation sites excluding steroid dienone is 2. The van der Waals surface area contributed by atoms with Crippen LogP contribution in [-0.2, 0) is 0 Å². The van der Waals surface area contributed by atoms with Crippen LogP contribution in [0.3, 0.4) is 0 Å². The van der Waals surface area contributed by atoms with Crippen molar-refractivity contribution in [2.24, 2.45) is 0 Å². The Balaban J connectivity index is 2.50. The highest BCUT2D eigenvalue weighted by Crippen LogP contribution is 1.93. The van der Waals surface area contributed by atoms with Crippen LogP contribution in [0.25, 0.3) is 0 Å². The van der Waals surface area contributed by atoms with Gasteiger partial charge >= 0.3 is 0 Å². The highest BCUT2D eigenvalue weighted by molar-refractivity contribution is 5.40. The van der Waals surface area contributed by atoms with E-state index in [9.17, 15) is 0 Å². The van der Waals surface area contributed by atoms with Gasteiger partial charge in [-0.05, 0) is 30.0 Å². The first kappa shape index (κ1) is 12.6. The zero-order valence-corrected chi connectivity index (χ0v) is 9.35. The van der Waals surface area contributed by atoms with Crippen molar-refractivity contribution in [3.63, 3.8) is 0 Å². The smallest absolute Gasteiger partial charge is 0.0615 e. The second-order valence-electron chi connectivity index (χ2n) is 2.97. The first-order valence-electron chi connectivity index (χ1n) is 5.17. The molecule has 1 aromatic carbocycles. The van der Waals surface area contributed by atoms with Gasteiger partial charge < -0.3 is 5.11 Å². The van der Waals surface area contributed by atoms with Crippen LogP contribution in [-0.4, -0.2) is 11.7 Å². The van der Waals surface area contributed by atoms with Crippen molar-refractivity contribution in [2.45, 2.75) is 0 Å². The molecule has 1 N–H and O–H groups in total. The molecule has 0 atom stereocenters. The standard InChI is InChI=1S/C16H12O/c17-15-11-6-4-2-1-3-5-8-12-16-13-9-7-10-14-16/h1,4,6-7,9-11,13-14,17H,15H2. The summed E-state index contributed by atoms with van der Waals surface area (Å²) in [5.41, 5.74) is 3.78. The molecular weight excluding hydrogens is 208 g/mol. The van der Waals surface area contributed by atoms with Gasteiger partial charge in [0.05, 0.1) is 6.61 Å². The summed E-state index contributed by atoms with van der Waals surface area (Å²) in [6.07, 6.45) is 6.58. The second kappa shape index (κ2) is 8.84. The van der Waals surface area contributed by atoms with Gasteiger partial charge in [0.1, 0.15) is 0 Å². The van der Waals surface area contributed by atoms with Gasteiger partial charge in [0.15, 0.2) is 0 Å². The number of hydrogen-bond donors (Lipinski definition) is 1. The van der Waals surface area contributed by atoms with E-state index in [1.165, 1.54) is 0 Å². The minimum Gasteiger partial charge on any atom is -0.392 e. The third kappa shape index (κ3) is 6.61. The molecule has 0 unspecified atom stereocenters. The van der Waals surface area contributed by atoms with Crippen molar-refractivity contribution in [2.75, 3.05) is 6.61 Å². The van der Waals surface area contributed by atoms with Gasteiger partial charge in [-0.15, -0.1) is 5.73 Å². The number of aliphatic hydroxyl groups excluding tert-OH is 1. The SMILES string of the molecule is OCC=CC=C=CC#CC#Cc1ccccc1. The lowest BCUT2D eigenvalue weighted by Gasteiger charge is -1.83. The Morgan fingerprint density at radius 2 is 1.94 bits per heavy atom. The largest absolute Gasteiger partial charge is 0.392 e. The Morgan fingerprint density at radius 3 is 2.71 bits per heavy atom. The summed E-state index contributed by atoms with van der Waals surface area (Å²) in [7, 11) is 0. The van der Waals surface area contributed by atoms with Crippen molar-refractivity contribution >= 4 is 0 Å². The van der Waals surface area contributed by atoms with Crippen LogP contribution in [0.2, 0.25) is 0 Å². The Labute approximate surface area is 102 Å². The lowest BCUT2D eigenvalue weighted by Crippen LogP contribution is -1.68. The van der Waals surface area contributed by atoms with Crippen molar-refractivity contribution < 1.29 is 5.11 Å². The predicted octanol–water partition coefficient (Wildman–Crippen LogP) is 2.30. The van der Waals surface area contributed by atoms with Gasteiger partial charge in [-0.3, -0.25) is 0 Å². The summed E-state index contributed by atoms with van der Waals surface area (Å²) >= 11 is 0. The van der Waals surface area contributed by atoms with E-state index in [1.54, 1.807) is 24.3 Å². The molecule has 0 bridgehead atoms. The van der Waals surface area contributed by atoms with Crippen molar-refractivity contribution in [3.8, 4) is 23.7 Å². The van der Waals surface area contributed by atoms with Gasteiger partial charge in [0.25, 0.3) is 0 Å². The summed E-state index contributed by atoms with van der Waals surface area (Å²) in [5.74, 6) is 11.1. The fourth-order valence-corrected chi connectivity index (χ4v) is 0.971. The van der Waals surface area contributed by atoms with E-state index in [2.05, 4.69) is 29.4 Å². The minimum absolute atomic E-state index is 0.0341. The Kier molecular flexibility index (Phi) is 6.56. The highest BCUT2D eigenvalue weighted by atomic mass is 16.2. The second-order valence-corrected chi connectivity index (χ2v) is 2.97. The van der Waals surface area contributed by atoms with Crippen molar-refractivity contribution in [1.82, 2.24) is 0 Å². The predicted molar refractivity (Wildman–Crippen MR) is 70.0 cm³/mol. The lowest BCUT2D eigenvalue weighted by molar-refractivity contribution is 0.343. The Bertz CT molecular complexity index is 536. The normalized spacial score (nSPS) is 8.29. The molecule has 1 rings (SSSR count). The molecule has 1 heteroatoms. The van der Waals surface area contributed by atoms with Crippen LogP contribution in [0, 0.1) is 23.7 Å². The van der Waals surface area contributed by atoms with E-state index < -0.39 is 0 Å². The van der Waals surface area contributed by atoms with Crippen LogP contribution in [0.4, 0.5) is 0 Å². The van der Waals surface area contributed by atoms with E-state index >= 15 is 0 Å². The fraction of sp³-hybridized carbons (Fsp3) is 0.0625. The number of hydrogen-bond acceptors (Lipinski definition) is 1. The topological polar surface area (TPSA) is 20.2 Å². The molecule has 0 amide bonds. The lowest BCUT2D eigenvalue weighted by atomic mass is 10.2. The van der Waals surface area contributed by atoms with Gasteiger partial charge in [0.2, 0.25) is 0 Å². The summed E-state index contributed by atoms with van der Waals surface area (Å²) < 4.78 is 0. The van der Waals surface area contributed by atoms with Crippen LogP contribution >= 0.6 is 0 Å². The van der Waals surface area contributed by atoms with Gasteiger partial charge in [-0.25, -0.2) is 0 Å². The van der Waals surface area contributed by atoms with Gasteiger partial charge in [-0.2, -0.15) is 0 Å². The molecule has 1 aromatic rings. The summed E-state index contributed by atoms with van der Waals surface area (Å²) in [5, 5.41) is 8.46. The Morgan fingerprint density at radius 1 is 1.12 bits per heavy atom. The Hall–Kier alpha value is -2.44. The highest BCUT2D eigenvalue weighted by Gasteiger charge is 1.78. The molecule has 0 aliphatic carbocycles. The molecule has 0 saturated heterocycles. The van der Waals surface area contributed by atoms with Crippen LogP contribution in [0.15, 0.2) is 60.4 Å². The van der Waals surface area contributed by atoms with Crippen LogP contribution in [0.5, 0.6) is 0 Å². The molecule has 17 heavy (non-hydrogen) atoms. The maximum atomic E-state index is 8.46. The molecule has 0 spiro atoms. The van der Waals surface area contributed by atoms with E-state index in [-0.39, 0.29) is 6.61 Å². The van der Waals surface area contributed by atoms with Crippen molar-refractivity contribution in [3.05, 3.63) is 65.9 Å². The number of aliphatic hydroxyl groups is 1. The van der Waals surface area contributed by atoms with Crippen LogP contribution < -0.4 is 0 Å². The van der Waals surface area contributed by atoms with Gasteiger partial charge in [-0.1, -0.05) is 42.2 Å². The third-order valence-electron chi connectivity index (χ3n) is 1.70. The molecule has 0 saturated carbocycles. The zero-order valence-electron chi connectivity index (χ0n) is 9.35. The third-order valence-corrected chi connectivity index (χ3v) is 1.70. The number of rotatable bonds is 2. The average Bonchev–Trinajstić information content (AvgIpc) is 2.38. The molecule has 0 fully saturated rings. The minimum atomic E-state index is 0.0341. The van der Waals surface area contributed by atoms with Crippen LogP contribution in [0.1, 0.15) is 5.56 Å². The van der Waals surface area contributed by atoms with E-state index in [4.69, 9.17) is 5.11 Å². The van der Waals surface area contributed by atoms with Gasteiger partial charge in [0, 0.05) is 11.6 Å².